The molecule has 6 fully saturated rings. The van der Waals surface area contributed by atoms with Crippen molar-refractivity contribution in [2.75, 3.05) is 33.7 Å². The van der Waals surface area contributed by atoms with Gasteiger partial charge >= 0.3 is 11.9 Å². The van der Waals surface area contributed by atoms with Gasteiger partial charge < -0.3 is 83.0 Å². The molecule has 22 atom stereocenters. The molecule has 1 aromatic carbocycles. The molecule has 7 aliphatic rings. The van der Waals surface area contributed by atoms with E-state index in [2.05, 4.69) is 12.2 Å². The minimum Gasteiger partial charge on any atom is -0.462 e. The van der Waals surface area contributed by atoms with Crippen LogP contribution in [0.5, 0.6) is 0 Å². The van der Waals surface area contributed by atoms with Crippen molar-refractivity contribution < 1.29 is 87.2 Å². The van der Waals surface area contributed by atoms with E-state index in [0.717, 1.165) is 5.57 Å². The zero-order valence-electron chi connectivity index (χ0n) is 43.1. The molecule has 0 unspecified atom stereocenters. The van der Waals surface area contributed by atoms with Crippen LogP contribution >= 0.6 is 0 Å². The molecule has 19 nitrogen and oxygen atoms in total. The fraction of sp³-hybridized carbons (Fsp3) is 0.808. The van der Waals surface area contributed by atoms with Crippen LogP contribution in [0, 0.1) is 16.7 Å². The molecule has 4 aliphatic carbocycles. The van der Waals surface area contributed by atoms with Gasteiger partial charge in [-0.3, -0.25) is 4.79 Å². The van der Waals surface area contributed by atoms with E-state index in [1.165, 1.54) is 14.0 Å². The third-order valence-electron chi connectivity index (χ3n) is 18.1. The Morgan fingerprint density at radius 2 is 1.42 bits per heavy atom. The zero-order chi connectivity index (χ0) is 51.6. The smallest absolute Gasteiger partial charge is 0.340 e. The van der Waals surface area contributed by atoms with Gasteiger partial charge in [-0.05, 0) is 90.2 Å². The Hall–Kier alpha value is -2.86. The molecule has 400 valence electrons. The number of carbonyl (C=O) groups is 2. The van der Waals surface area contributed by atoms with Gasteiger partial charge in [0.2, 0.25) is 0 Å². The molecule has 71 heavy (non-hydrogen) atoms. The van der Waals surface area contributed by atoms with Crippen LogP contribution in [-0.2, 0) is 56.9 Å². The Balaban J connectivity index is 0.924. The maximum atomic E-state index is 13.6. The van der Waals surface area contributed by atoms with Gasteiger partial charge in [-0.2, -0.15) is 0 Å². The largest absolute Gasteiger partial charge is 0.462 e. The lowest BCUT2D eigenvalue weighted by atomic mass is 9.42. The number of para-hydroxylation sites is 1. The molecule has 0 amide bonds. The first kappa shape index (κ1) is 54.4. The SMILES string of the molecule is CNc1ccccc1C(=O)O[C@@H](C)[C@@]1(O)CC[C@@]2(O)[C@]1(C)[C@H](OC(C)=O)C[C@@H]1[C@@]3(C)CC[C@H](O[C@H]4C[C@H](OC)[C@H](O[C@H]5C[C@H](OC)[C@H](O[C@@H]6O[C@H](C)[C@@H](O)[C@H](OC)[C@H]6O)[C@@H](C)O5)[C@@H](C)O4)CC3=CC[C@]12O. The molecule has 3 saturated heterocycles. The third-order valence-corrected chi connectivity index (χ3v) is 18.1. The lowest BCUT2D eigenvalue weighted by Crippen LogP contribution is -2.78. The number of aliphatic hydroxyl groups excluding tert-OH is 2. The van der Waals surface area contributed by atoms with Gasteiger partial charge in [0.05, 0.1) is 47.6 Å². The van der Waals surface area contributed by atoms with Crippen molar-refractivity contribution in [1.82, 2.24) is 0 Å². The van der Waals surface area contributed by atoms with Crippen molar-refractivity contribution in [2.45, 2.75) is 221 Å². The molecule has 19 heteroatoms. The Morgan fingerprint density at radius 3 is 2.04 bits per heavy atom. The van der Waals surface area contributed by atoms with Crippen LogP contribution in [0.4, 0.5) is 5.69 Å². The second-order valence-electron chi connectivity index (χ2n) is 21.6. The Morgan fingerprint density at radius 1 is 0.789 bits per heavy atom. The molecular weight excluding hydrogens is 927 g/mol. The predicted molar refractivity (Wildman–Crippen MR) is 253 cm³/mol. The lowest BCUT2D eigenvalue weighted by Gasteiger charge is -2.67. The fourth-order valence-corrected chi connectivity index (χ4v) is 14.0. The van der Waals surface area contributed by atoms with Gasteiger partial charge in [0.1, 0.15) is 59.5 Å². The van der Waals surface area contributed by atoms with Gasteiger partial charge in [-0.15, -0.1) is 0 Å². The van der Waals surface area contributed by atoms with E-state index in [4.69, 9.17) is 52.1 Å². The van der Waals surface area contributed by atoms with Crippen molar-refractivity contribution in [3.05, 3.63) is 41.5 Å². The van der Waals surface area contributed by atoms with E-state index in [0.29, 0.717) is 37.8 Å². The van der Waals surface area contributed by atoms with Crippen LogP contribution in [0.15, 0.2) is 35.9 Å². The van der Waals surface area contributed by atoms with E-state index in [9.17, 15) is 35.1 Å². The predicted octanol–water partition coefficient (Wildman–Crippen LogP) is 3.68. The maximum absolute atomic E-state index is 13.6. The first-order valence-electron chi connectivity index (χ1n) is 25.4. The number of anilines is 1. The van der Waals surface area contributed by atoms with Crippen molar-refractivity contribution in [2.24, 2.45) is 16.7 Å². The van der Waals surface area contributed by atoms with Gasteiger partial charge in [-0.1, -0.05) is 37.6 Å². The standard InChI is InChI=1S/C52H79NO18/c1-26-41(55)45(63-11)42(56)47(66-26)71-44-28(3)65-40(24-36(44)62-10)70-43-27(2)64-39(23-35(43)61-9)69-32-17-18-48(6)31(22-32)16-19-51(59)37(48)25-38(68-30(5)54)49(7)50(58,20-21-52(49,51)60)29(4)67-46(57)33-14-12-13-15-34(33)53-8/h12-16,26-29,32,35-45,47,53,55-56,58-60H,17-25H2,1-11H3/t26-,27-,28-,29+,32+,35+,36+,37-,38-,39+,40+,41-,42-,43-,44-,45+,47+,48+,49-,50+,51+,52-/m1/s1. The summed E-state index contributed by atoms with van der Waals surface area (Å²) in [6.07, 6.45) is -7.16. The number of aliphatic hydroxyl groups is 5. The van der Waals surface area contributed by atoms with Gasteiger partial charge in [-0.25, -0.2) is 4.79 Å². The van der Waals surface area contributed by atoms with Crippen LogP contribution < -0.4 is 5.32 Å². The van der Waals surface area contributed by atoms with E-state index in [-0.39, 0.29) is 37.4 Å². The second-order valence-corrected chi connectivity index (χ2v) is 21.6. The molecule has 8 rings (SSSR count). The highest BCUT2D eigenvalue weighted by Crippen LogP contribution is 2.71. The van der Waals surface area contributed by atoms with E-state index in [1.807, 2.05) is 19.9 Å². The summed E-state index contributed by atoms with van der Waals surface area (Å²) in [7, 11) is 6.30. The van der Waals surface area contributed by atoms with Crippen LogP contribution in [-0.4, -0.2) is 181 Å². The van der Waals surface area contributed by atoms with E-state index < -0.39 is 138 Å². The number of rotatable bonds is 14. The summed E-state index contributed by atoms with van der Waals surface area (Å²) >= 11 is 0. The van der Waals surface area contributed by atoms with Gasteiger partial charge in [0, 0.05) is 59.7 Å². The maximum Gasteiger partial charge on any atom is 0.340 e. The monoisotopic (exact) mass is 1010 g/mol. The number of esters is 2. The summed E-state index contributed by atoms with van der Waals surface area (Å²) in [5.41, 5.74) is -5.97. The van der Waals surface area contributed by atoms with Gasteiger partial charge in [0.25, 0.3) is 0 Å². The second kappa shape index (κ2) is 20.7. The van der Waals surface area contributed by atoms with E-state index in [1.54, 1.807) is 66.3 Å². The summed E-state index contributed by atoms with van der Waals surface area (Å²) in [6, 6.07) is 6.87. The number of ether oxygens (including phenoxy) is 11. The quantitative estimate of drug-likeness (QED) is 0.115. The summed E-state index contributed by atoms with van der Waals surface area (Å²) in [5.74, 6) is -1.83. The Labute approximate surface area is 417 Å². The fourth-order valence-electron chi connectivity index (χ4n) is 14.0. The average Bonchev–Trinajstić information content (AvgIpc) is 3.57. The minimum absolute atomic E-state index is 0.0212. The normalized spacial score (nSPS) is 47.0. The topological polar surface area (TPSA) is 249 Å². The Kier molecular flexibility index (Phi) is 15.9. The van der Waals surface area contributed by atoms with Crippen molar-refractivity contribution in [1.29, 1.82) is 0 Å². The molecular formula is C52H79NO18. The summed E-state index contributed by atoms with van der Waals surface area (Å²) in [4.78, 5) is 26.5. The van der Waals surface area contributed by atoms with E-state index >= 15 is 0 Å². The highest BCUT2D eigenvalue weighted by atomic mass is 16.8. The highest BCUT2D eigenvalue weighted by Gasteiger charge is 2.81. The van der Waals surface area contributed by atoms with Crippen LogP contribution in [0.2, 0.25) is 0 Å². The van der Waals surface area contributed by atoms with Crippen LogP contribution in [0.25, 0.3) is 0 Å². The molecule has 3 saturated carbocycles. The number of fused-ring (bicyclic) bond motifs is 5. The van der Waals surface area contributed by atoms with Crippen molar-refractivity contribution in [3.8, 4) is 0 Å². The number of methoxy groups -OCH3 is 3. The van der Waals surface area contributed by atoms with Crippen molar-refractivity contribution in [3.63, 3.8) is 0 Å². The third kappa shape index (κ3) is 9.18. The number of nitrogens with one attached hydrogen (secondary N) is 1. The summed E-state index contributed by atoms with van der Waals surface area (Å²) in [5, 5.41) is 63.4. The molecule has 6 N–H and O–H groups in total. The lowest BCUT2D eigenvalue weighted by molar-refractivity contribution is -0.352. The first-order chi connectivity index (χ1) is 33.5. The minimum atomic E-state index is -1.95. The summed E-state index contributed by atoms with van der Waals surface area (Å²) < 4.78 is 67.5. The number of benzene rings is 1. The number of hydrogen-bond donors (Lipinski definition) is 6. The summed E-state index contributed by atoms with van der Waals surface area (Å²) in [6.45, 7) is 12.1. The average molecular weight is 1010 g/mol. The zero-order valence-corrected chi connectivity index (χ0v) is 43.1. The Bertz CT molecular complexity index is 2100. The molecule has 3 aliphatic heterocycles. The molecule has 0 bridgehead atoms. The molecule has 1 aromatic rings. The van der Waals surface area contributed by atoms with Gasteiger partial charge in [0.15, 0.2) is 18.9 Å². The number of hydrogen-bond acceptors (Lipinski definition) is 19. The van der Waals surface area contributed by atoms with Crippen molar-refractivity contribution >= 4 is 17.6 Å². The van der Waals surface area contributed by atoms with Crippen LogP contribution in [0.3, 0.4) is 0 Å². The highest BCUT2D eigenvalue weighted by molar-refractivity contribution is 5.95. The number of carbonyl (C=O) groups excluding carboxylic acids is 2. The first-order valence-corrected chi connectivity index (χ1v) is 25.4. The van der Waals surface area contributed by atoms with Crippen LogP contribution in [0.1, 0.15) is 117 Å². The molecule has 0 spiro atoms. The molecule has 3 heterocycles. The molecule has 0 radical (unpaired) electrons. The molecule has 0 aromatic heterocycles.